The number of aryl methyl sites for hydroxylation is 1. The summed E-state index contributed by atoms with van der Waals surface area (Å²) in [7, 11) is 1.16. The summed E-state index contributed by atoms with van der Waals surface area (Å²) in [5.74, 6) is 1.53. The molecule has 0 aliphatic heterocycles. The maximum absolute atomic E-state index is 12.4. The van der Waals surface area contributed by atoms with Gasteiger partial charge in [-0.3, -0.25) is 0 Å². The van der Waals surface area contributed by atoms with E-state index in [-0.39, 0.29) is 4.90 Å². The molecule has 0 bridgehead atoms. The molecule has 0 N–H and O–H groups in total. The number of fused-ring (bicyclic) bond motifs is 1. The van der Waals surface area contributed by atoms with E-state index in [0.29, 0.717) is 5.52 Å². The van der Waals surface area contributed by atoms with Gasteiger partial charge in [-0.15, -0.1) is 0 Å². The molecule has 1 heterocycles. The summed E-state index contributed by atoms with van der Waals surface area (Å²) in [6, 6.07) is 10.8. The van der Waals surface area contributed by atoms with Crippen LogP contribution in [0.4, 0.5) is 0 Å². The van der Waals surface area contributed by atoms with E-state index in [0.717, 1.165) is 33.7 Å². The van der Waals surface area contributed by atoms with Crippen molar-refractivity contribution in [3.05, 3.63) is 40.9 Å². The minimum Gasteiger partial charge on any atom is -0.496 e. The highest BCUT2D eigenvalue weighted by Crippen LogP contribution is 2.32. The normalized spacial score (nSPS) is 12.1. The van der Waals surface area contributed by atoms with Gasteiger partial charge in [0.15, 0.2) is 0 Å². The van der Waals surface area contributed by atoms with Gasteiger partial charge in [-0.1, -0.05) is 0 Å². The van der Waals surface area contributed by atoms with E-state index in [9.17, 15) is 8.42 Å². The number of hydrogen-bond donors (Lipinski definition) is 0. The Morgan fingerprint density at radius 3 is 2.50 bits per heavy atom. The van der Waals surface area contributed by atoms with Crippen LogP contribution in [0.2, 0.25) is 0 Å². The first-order chi connectivity index (χ1) is 12.3. The van der Waals surface area contributed by atoms with Crippen LogP contribution < -0.4 is 4.74 Å². The molecule has 8 heteroatoms. The summed E-state index contributed by atoms with van der Waals surface area (Å²) in [6.45, 7) is 2.75. The highest BCUT2D eigenvalue weighted by atomic mass is 79.9. The second-order valence-corrected chi connectivity index (χ2v) is 8.97. The van der Waals surface area contributed by atoms with Crippen molar-refractivity contribution in [2.45, 2.75) is 18.4 Å². The molecule has 2 aromatic carbocycles. The summed E-state index contributed by atoms with van der Waals surface area (Å²) >= 11 is 3.50. The zero-order valence-corrected chi connectivity index (χ0v) is 17.4. The Morgan fingerprint density at radius 1 is 1.19 bits per heavy atom. The van der Waals surface area contributed by atoms with Crippen LogP contribution in [-0.4, -0.2) is 43.5 Å². The first-order valence-corrected chi connectivity index (χ1v) is 10.3. The lowest BCUT2D eigenvalue weighted by Crippen LogP contribution is -2.22. The molecule has 138 valence electrons. The van der Waals surface area contributed by atoms with Gasteiger partial charge in [-0.05, 0) is 59.3 Å². The van der Waals surface area contributed by atoms with Gasteiger partial charge >= 0.3 is 0 Å². The Kier molecular flexibility index (Phi) is 5.09. The van der Waals surface area contributed by atoms with Crippen molar-refractivity contribution in [1.82, 2.24) is 13.9 Å². The second kappa shape index (κ2) is 7.02. The topological polar surface area (TPSA) is 64.4 Å². The number of methoxy groups -OCH3 is 1. The van der Waals surface area contributed by atoms with Crippen LogP contribution in [0.15, 0.2) is 45.8 Å². The minimum atomic E-state index is -3.50. The molecule has 0 radical (unpaired) electrons. The average molecular weight is 438 g/mol. The monoisotopic (exact) mass is 437 g/mol. The first-order valence-electron chi connectivity index (χ1n) is 8.06. The quantitative estimate of drug-likeness (QED) is 0.609. The van der Waals surface area contributed by atoms with Crippen molar-refractivity contribution in [1.29, 1.82) is 0 Å². The molecule has 0 unspecified atom stereocenters. The highest BCUT2D eigenvalue weighted by molar-refractivity contribution is 9.10. The van der Waals surface area contributed by atoms with Gasteiger partial charge in [-0.25, -0.2) is 17.7 Å². The predicted molar refractivity (Wildman–Crippen MR) is 106 cm³/mol. The van der Waals surface area contributed by atoms with Gasteiger partial charge in [0.2, 0.25) is 10.0 Å². The van der Waals surface area contributed by atoms with Gasteiger partial charge in [0, 0.05) is 26.2 Å². The van der Waals surface area contributed by atoms with Gasteiger partial charge in [0.05, 0.1) is 27.5 Å². The molecule has 26 heavy (non-hydrogen) atoms. The van der Waals surface area contributed by atoms with Crippen molar-refractivity contribution in [2.24, 2.45) is 0 Å². The van der Waals surface area contributed by atoms with Gasteiger partial charge in [-0.2, -0.15) is 0 Å². The summed E-state index contributed by atoms with van der Waals surface area (Å²) in [4.78, 5) is 4.94. The van der Waals surface area contributed by atoms with E-state index in [1.165, 1.54) is 18.4 Å². The molecule has 1 aromatic heterocycles. The number of hydrogen-bond acceptors (Lipinski definition) is 4. The van der Waals surface area contributed by atoms with Crippen molar-refractivity contribution in [3.8, 4) is 17.1 Å². The number of aromatic nitrogens is 2. The molecule has 3 rings (SSSR count). The fraction of sp³-hybridized carbons (Fsp3) is 0.278. The zero-order valence-electron chi connectivity index (χ0n) is 15.0. The Hall–Kier alpha value is -1.90. The second-order valence-electron chi connectivity index (χ2n) is 5.97. The molecule has 0 spiro atoms. The number of imidazole rings is 1. The maximum Gasteiger partial charge on any atom is 0.242 e. The zero-order chi connectivity index (χ0) is 19.1. The lowest BCUT2D eigenvalue weighted by molar-refractivity contribution is 0.412. The predicted octanol–water partition coefficient (Wildman–Crippen LogP) is 3.74. The summed E-state index contributed by atoms with van der Waals surface area (Å²) in [6.07, 6.45) is 0. The minimum absolute atomic E-state index is 0.234. The molecule has 0 amide bonds. The van der Waals surface area contributed by atoms with Crippen molar-refractivity contribution in [2.75, 3.05) is 21.2 Å². The van der Waals surface area contributed by atoms with Crippen LogP contribution in [-0.2, 0) is 16.6 Å². The third kappa shape index (κ3) is 3.13. The van der Waals surface area contributed by atoms with Crippen LogP contribution in [0, 0.1) is 0 Å². The number of halogens is 1. The lowest BCUT2D eigenvalue weighted by Gasteiger charge is -2.11. The molecule has 0 aliphatic carbocycles. The Balaban J connectivity index is 2.20. The SMILES string of the molecule is CCn1c(-c2ccc(OC)c(Br)c2)nc2cc(S(=O)(=O)N(C)C)ccc21. The standard InChI is InChI=1S/C18H20BrN3O3S/c1-5-22-16-8-7-13(26(23,24)21(2)3)11-15(16)20-18(22)12-6-9-17(25-4)14(19)10-12/h6-11H,5H2,1-4H3. The molecule has 6 nitrogen and oxygen atoms in total. The number of sulfonamides is 1. The van der Waals surface area contributed by atoms with Gasteiger partial charge in [0.25, 0.3) is 0 Å². The van der Waals surface area contributed by atoms with Crippen molar-refractivity contribution >= 4 is 37.0 Å². The van der Waals surface area contributed by atoms with Gasteiger partial charge in [0.1, 0.15) is 11.6 Å². The van der Waals surface area contributed by atoms with Crippen LogP contribution in [0.3, 0.4) is 0 Å². The Morgan fingerprint density at radius 2 is 1.92 bits per heavy atom. The third-order valence-electron chi connectivity index (χ3n) is 4.22. The van der Waals surface area contributed by atoms with E-state index in [1.54, 1.807) is 19.2 Å². The molecule has 0 saturated carbocycles. The van der Waals surface area contributed by atoms with E-state index in [4.69, 9.17) is 9.72 Å². The number of nitrogens with zero attached hydrogens (tertiary/aromatic N) is 3. The largest absolute Gasteiger partial charge is 0.496 e. The average Bonchev–Trinajstić information content (AvgIpc) is 2.99. The van der Waals surface area contributed by atoms with E-state index < -0.39 is 10.0 Å². The molecular weight excluding hydrogens is 418 g/mol. The first kappa shape index (κ1) is 18.9. The number of benzene rings is 2. The van der Waals surface area contributed by atoms with Crippen LogP contribution >= 0.6 is 15.9 Å². The number of rotatable bonds is 5. The van der Waals surface area contributed by atoms with E-state index in [2.05, 4.69) is 20.5 Å². The van der Waals surface area contributed by atoms with Gasteiger partial charge < -0.3 is 9.30 Å². The van der Waals surface area contributed by atoms with E-state index >= 15 is 0 Å². The van der Waals surface area contributed by atoms with Crippen LogP contribution in [0.25, 0.3) is 22.4 Å². The molecular formula is C18H20BrN3O3S. The summed E-state index contributed by atoms with van der Waals surface area (Å²) < 4.78 is 34.2. The molecule has 0 fully saturated rings. The Labute approximate surface area is 161 Å². The molecule has 0 saturated heterocycles. The highest BCUT2D eigenvalue weighted by Gasteiger charge is 2.20. The summed E-state index contributed by atoms with van der Waals surface area (Å²) in [5, 5.41) is 0. The molecule has 0 aliphatic rings. The maximum atomic E-state index is 12.4. The Bertz CT molecular complexity index is 1070. The number of ether oxygens (including phenoxy) is 1. The van der Waals surface area contributed by atoms with Crippen LogP contribution in [0.1, 0.15) is 6.92 Å². The fourth-order valence-electron chi connectivity index (χ4n) is 2.83. The summed E-state index contributed by atoms with van der Waals surface area (Å²) in [5.41, 5.74) is 2.47. The third-order valence-corrected chi connectivity index (χ3v) is 6.66. The van der Waals surface area contributed by atoms with Crippen LogP contribution in [0.5, 0.6) is 5.75 Å². The fourth-order valence-corrected chi connectivity index (χ4v) is 4.29. The molecule has 0 atom stereocenters. The van der Waals surface area contributed by atoms with Crippen molar-refractivity contribution < 1.29 is 13.2 Å². The molecule has 3 aromatic rings. The van der Waals surface area contributed by atoms with E-state index in [1.807, 2.05) is 31.2 Å². The lowest BCUT2D eigenvalue weighted by atomic mass is 10.2. The van der Waals surface area contributed by atoms with Crippen molar-refractivity contribution in [3.63, 3.8) is 0 Å². The smallest absolute Gasteiger partial charge is 0.242 e.